The SMILES string of the molecule is Cc1cc2c(Sc3nc(N)cc(=O)[nH]3)nc(Cl)nc2s1. The Kier molecular flexibility index (Phi) is 3.36. The monoisotopic (exact) mass is 325 g/mol. The van der Waals surface area contributed by atoms with Crippen molar-refractivity contribution in [2.45, 2.75) is 17.1 Å². The van der Waals surface area contributed by atoms with Gasteiger partial charge in [-0.1, -0.05) is 0 Å². The van der Waals surface area contributed by atoms with E-state index >= 15 is 0 Å². The molecule has 20 heavy (non-hydrogen) atoms. The number of aromatic nitrogens is 4. The van der Waals surface area contributed by atoms with Gasteiger partial charge in [0.15, 0.2) is 5.16 Å². The summed E-state index contributed by atoms with van der Waals surface area (Å²) in [5.74, 6) is 0.161. The Hall–Kier alpha value is -1.64. The van der Waals surface area contributed by atoms with E-state index in [2.05, 4.69) is 19.9 Å². The van der Waals surface area contributed by atoms with Crippen molar-refractivity contribution in [3.05, 3.63) is 32.6 Å². The van der Waals surface area contributed by atoms with Gasteiger partial charge in [-0.05, 0) is 36.4 Å². The highest BCUT2D eigenvalue weighted by Gasteiger charge is 2.12. The number of rotatable bonds is 2. The molecule has 0 aliphatic rings. The summed E-state index contributed by atoms with van der Waals surface area (Å²) in [6.45, 7) is 1.98. The number of anilines is 1. The number of halogens is 1. The minimum atomic E-state index is -0.308. The van der Waals surface area contributed by atoms with Crippen molar-refractivity contribution in [3.63, 3.8) is 0 Å². The van der Waals surface area contributed by atoms with Crippen molar-refractivity contribution in [2.75, 3.05) is 5.73 Å². The molecule has 3 N–H and O–H groups in total. The summed E-state index contributed by atoms with van der Waals surface area (Å²) in [6, 6.07) is 3.20. The quantitative estimate of drug-likeness (QED) is 0.555. The molecule has 3 aromatic rings. The Morgan fingerprint density at radius 1 is 1.35 bits per heavy atom. The fourth-order valence-corrected chi connectivity index (χ4v) is 3.76. The van der Waals surface area contributed by atoms with Crippen molar-refractivity contribution >= 4 is 50.7 Å². The first-order chi connectivity index (χ1) is 9.51. The Balaban J connectivity index is 2.12. The Bertz CT molecular complexity index is 860. The number of thiophene rings is 1. The fraction of sp³-hybridized carbons (Fsp3) is 0.0909. The van der Waals surface area contributed by atoms with Crippen LogP contribution in [0, 0.1) is 6.92 Å². The second-order valence-corrected chi connectivity index (χ2v) is 6.50. The summed E-state index contributed by atoms with van der Waals surface area (Å²) in [5, 5.41) is 2.05. The van der Waals surface area contributed by atoms with Crippen LogP contribution in [0.2, 0.25) is 5.28 Å². The largest absolute Gasteiger partial charge is 0.383 e. The number of nitrogen functional groups attached to an aromatic ring is 1. The molecule has 6 nitrogen and oxygen atoms in total. The molecule has 0 saturated heterocycles. The molecule has 0 aromatic carbocycles. The molecule has 0 aliphatic carbocycles. The van der Waals surface area contributed by atoms with E-state index in [1.807, 2.05) is 13.0 Å². The lowest BCUT2D eigenvalue weighted by molar-refractivity contribution is 0.941. The smallest absolute Gasteiger partial charge is 0.253 e. The van der Waals surface area contributed by atoms with E-state index in [0.717, 1.165) is 15.1 Å². The number of nitrogens with one attached hydrogen (secondary N) is 1. The van der Waals surface area contributed by atoms with Crippen molar-refractivity contribution in [3.8, 4) is 0 Å². The van der Waals surface area contributed by atoms with Gasteiger partial charge in [0.05, 0.1) is 0 Å². The van der Waals surface area contributed by atoms with Gasteiger partial charge in [-0.25, -0.2) is 15.0 Å². The van der Waals surface area contributed by atoms with E-state index in [9.17, 15) is 4.79 Å². The molecule has 3 aromatic heterocycles. The molecule has 0 radical (unpaired) electrons. The maximum atomic E-state index is 11.4. The van der Waals surface area contributed by atoms with Crippen molar-refractivity contribution < 1.29 is 0 Å². The van der Waals surface area contributed by atoms with Crippen molar-refractivity contribution in [1.82, 2.24) is 19.9 Å². The summed E-state index contributed by atoms with van der Waals surface area (Å²) in [7, 11) is 0. The molecule has 0 amide bonds. The Morgan fingerprint density at radius 2 is 2.15 bits per heavy atom. The van der Waals surface area contributed by atoms with Crippen LogP contribution in [-0.4, -0.2) is 19.9 Å². The predicted molar refractivity (Wildman–Crippen MR) is 80.6 cm³/mol. The van der Waals surface area contributed by atoms with Crippen LogP contribution < -0.4 is 11.3 Å². The lowest BCUT2D eigenvalue weighted by atomic mass is 10.4. The Labute approximate surface area is 126 Å². The highest BCUT2D eigenvalue weighted by Crippen LogP contribution is 2.34. The molecular formula is C11H8ClN5OS2. The first-order valence-corrected chi connectivity index (χ1v) is 7.51. The van der Waals surface area contributed by atoms with Crippen molar-refractivity contribution in [1.29, 1.82) is 0 Å². The first-order valence-electron chi connectivity index (χ1n) is 5.49. The molecular weight excluding hydrogens is 318 g/mol. The molecule has 0 unspecified atom stereocenters. The molecule has 0 atom stereocenters. The van der Waals surface area contributed by atoms with Crippen LogP contribution in [-0.2, 0) is 0 Å². The van der Waals surface area contributed by atoms with E-state index in [0.29, 0.717) is 10.2 Å². The zero-order valence-electron chi connectivity index (χ0n) is 10.2. The highest BCUT2D eigenvalue weighted by atomic mass is 35.5. The third kappa shape index (κ3) is 2.62. The van der Waals surface area contributed by atoms with Crippen LogP contribution >= 0.6 is 34.7 Å². The molecule has 0 bridgehead atoms. The molecule has 0 aliphatic heterocycles. The minimum Gasteiger partial charge on any atom is -0.383 e. The third-order valence-corrected chi connectivity index (χ3v) is 4.39. The molecule has 3 heterocycles. The lowest BCUT2D eigenvalue weighted by Crippen LogP contribution is -2.09. The molecule has 0 saturated carbocycles. The van der Waals surface area contributed by atoms with E-state index in [4.69, 9.17) is 17.3 Å². The normalized spacial score (nSPS) is 11.1. The second-order valence-electron chi connectivity index (χ2n) is 3.95. The maximum absolute atomic E-state index is 11.4. The van der Waals surface area contributed by atoms with Crippen LogP contribution in [0.5, 0.6) is 0 Å². The lowest BCUT2D eigenvalue weighted by Gasteiger charge is -2.02. The minimum absolute atomic E-state index is 0.160. The van der Waals surface area contributed by atoms with E-state index in [1.54, 1.807) is 0 Å². The summed E-state index contributed by atoms with van der Waals surface area (Å²) in [4.78, 5) is 28.3. The average molecular weight is 326 g/mol. The molecule has 102 valence electrons. The van der Waals surface area contributed by atoms with Gasteiger partial charge in [0, 0.05) is 16.3 Å². The van der Waals surface area contributed by atoms with E-state index < -0.39 is 0 Å². The predicted octanol–water partition coefficient (Wildman–Crippen LogP) is 2.47. The van der Waals surface area contributed by atoms with E-state index in [1.165, 1.54) is 29.2 Å². The van der Waals surface area contributed by atoms with Crippen LogP contribution in [0.15, 0.2) is 27.1 Å². The summed E-state index contributed by atoms with van der Waals surface area (Å²) in [5.41, 5.74) is 5.25. The summed E-state index contributed by atoms with van der Waals surface area (Å²) in [6.07, 6.45) is 0. The number of H-pyrrole nitrogens is 1. The zero-order chi connectivity index (χ0) is 14.3. The molecule has 9 heteroatoms. The topological polar surface area (TPSA) is 97.5 Å². The van der Waals surface area contributed by atoms with Gasteiger partial charge in [0.2, 0.25) is 5.28 Å². The van der Waals surface area contributed by atoms with E-state index in [-0.39, 0.29) is 16.7 Å². The van der Waals surface area contributed by atoms with Gasteiger partial charge in [0.25, 0.3) is 5.56 Å². The molecule has 3 rings (SSSR count). The average Bonchev–Trinajstić information content (AvgIpc) is 2.68. The van der Waals surface area contributed by atoms with Gasteiger partial charge < -0.3 is 10.7 Å². The van der Waals surface area contributed by atoms with Gasteiger partial charge in [-0.3, -0.25) is 4.79 Å². The van der Waals surface area contributed by atoms with Crippen LogP contribution in [0.3, 0.4) is 0 Å². The van der Waals surface area contributed by atoms with Gasteiger partial charge in [0.1, 0.15) is 15.7 Å². The first kappa shape index (κ1) is 13.3. The van der Waals surface area contributed by atoms with Crippen LogP contribution in [0.25, 0.3) is 10.2 Å². The summed E-state index contributed by atoms with van der Waals surface area (Å²) < 4.78 is 0. The van der Waals surface area contributed by atoms with Crippen LogP contribution in [0.1, 0.15) is 4.88 Å². The maximum Gasteiger partial charge on any atom is 0.253 e. The van der Waals surface area contributed by atoms with Gasteiger partial charge >= 0.3 is 0 Å². The van der Waals surface area contributed by atoms with Gasteiger partial charge in [-0.2, -0.15) is 0 Å². The zero-order valence-corrected chi connectivity index (χ0v) is 12.6. The molecule has 0 spiro atoms. The number of hydrogen-bond acceptors (Lipinski definition) is 7. The highest BCUT2D eigenvalue weighted by molar-refractivity contribution is 7.99. The number of fused-ring (bicyclic) bond motifs is 1. The second kappa shape index (κ2) is 5.04. The number of hydrogen-bond donors (Lipinski definition) is 2. The Morgan fingerprint density at radius 3 is 2.90 bits per heavy atom. The fourth-order valence-electron chi connectivity index (χ4n) is 1.66. The third-order valence-electron chi connectivity index (χ3n) is 2.39. The standard InChI is InChI=1S/C11H8ClN5OS2/c1-4-2-5-8(19-4)16-10(12)17-9(5)20-11-14-6(13)3-7(18)15-11/h2-3H,1H3,(H3,13,14,15,18). The molecule has 0 fully saturated rings. The number of aryl methyl sites for hydroxylation is 1. The van der Waals surface area contributed by atoms with Crippen molar-refractivity contribution in [2.24, 2.45) is 0 Å². The summed E-state index contributed by atoms with van der Waals surface area (Å²) >= 11 is 8.64. The number of nitrogens with two attached hydrogens (primary N) is 1. The number of aromatic amines is 1. The van der Waals surface area contributed by atoms with Gasteiger partial charge in [-0.15, -0.1) is 11.3 Å². The number of nitrogens with zero attached hydrogens (tertiary/aromatic N) is 3. The van der Waals surface area contributed by atoms with Crippen LogP contribution in [0.4, 0.5) is 5.82 Å².